The van der Waals surface area contributed by atoms with E-state index in [1.807, 2.05) is 25.1 Å². The minimum absolute atomic E-state index is 0.0387. The molecule has 0 saturated carbocycles. The molecule has 1 unspecified atom stereocenters. The summed E-state index contributed by atoms with van der Waals surface area (Å²) in [6.45, 7) is 4.95. The first-order chi connectivity index (χ1) is 9.79. The van der Waals surface area contributed by atoms with Crippen LogP contribution in [0.2, 0.25) is 0 Å². The lowest BCUT2D eigenvalue weighted by Gasteiger charge is -2.18. The quantitative estimate of drug-likeness (QED) is 0.533. The molecule has 0 aliphatic rings. The van der Waals surface area contributed by atoms with Gasteiger partial charge in [-0.15, -0.1) is 0 Å². The van der Waals surface area contributed by atoms with Crippen LogP contribution in [0.5, 0.6) is 5.75 Å². The van der Waals surface area contributed by atoms with Crippen molar-refractivity contribution < 1.29 is 9.84 Å². The molecule has 20 heavy (non-hydrogen) atoms. The third kappa shape index (κ3) is 6.42. The molecule has 114 valence electrons. The molecule has 0 saturated heterocycles. The first-order valence-electron chi connectivity index (χ1n) is 8.19. The number of para-hydroxylation sites is 1. The van der Waals surface area contributed by atoms with Crippen LogP contribution in [0, 0.1) is 0 Å². The standard InChI is InChI=1S/C18H30O2/c1-3-5-6-7-8-9-10-15-18(20-4-2)16-13-11-12-14-17(16)19/h11-14,18-19H,3-10,15H2,1-2H3. The van der Waals surface area contributed by atoms with Gasteiger partial charge in [0.15, 0.2) is 0 Å². The Labute approximate surface area is 124 Å². The zero-order valence-corrected chi connectivity index (χ0v) is 13.1. The zero-order valence-electron chi connectivity index (χ0n) is 13.1. The van der Waals surface area contributed by atoms with Gasteiger partial charge in [-0.05, 0) is 19.4 Å². The van der Waals surface area contributed by atoms with E-state index < -0.39 is 0 Å². The number of unbranched alkanes of at least 4 members (excludes halogenated alkanes) is 6. The Morgan fingerprint density at radius 3 is 2.25 bits per heavy atom. The SMILES string of the molecule is CCCCCCCCCC(OCC)c1ccccc1O. The van der Waals surface area contributed by atoms with Crippen LogP contribution in [-0.4, -0.2) is 11.7 Å². The van der Waals surface area contributed by atoms with Gasteiger partial charge in [0.2, 0.25) is 0 Å². The third-order valence-electron chi connectivity index (χ3n) is 3.72. The van der Waals surface area contributed by atoms with Gasteiger partial charge < -0.3 is 9.84 Å². The molecule has 2 heteroatoms. The molecular formula is C18H30O2. The predicted octanol–water partition coefficient (Wildman–Crippen LogP) is 5.61. The Hall–Kier alpha value is -1.02. The normalized spacial score (nSPS) is 12.5. The molecular weight excluding hydrogens is 248 g/mol. The smallest absolute Gasteiger partial charge is 0.121 e. The van der Waals surface area contributed by atoms with Crippen molar-refractivity contribution in [3.63, 3.8) is 0 Å². The van der Waals surface area contributed by atoms with E-state index in [0.717, 1.165) is 12.0 Å². The van der Waals surface area contributed by atoms with Crippen molar-refractivity contribution in [2.24, 2.45) is 0 Å². The van der Waals surface area contributed by atoms with Gasteiger partial charge in [-0.1, -0.05) is 70.1 Å². The Balaban J connectivity index is 2.31. The molecule has 1 aromatic carbocycles. The summed E-state index contributed by atoms with van der Waals surface area (Å²) in [5, 5.41) is 9.93. The van der Waals surface area contributed by atoms with E-state index in [-0.39, 0.29) is 6.10 Å². The van der Waals surface area contributed by atoms with Crippen LogP contribution in [0.15, 0.2) is 24.3 Å². The number of ether oxygens (including phenoxy) is 1. The van der Waals surface area contributed by atoms with E-state index in [4.69, 9.17) is 4.74 Å². The van der Waals surface area contributed by atoms with Crippen molar-refractivity contribution in [1.82, 2.24) is 0 Å². The van der Waals surface area contributed by atoms with E-state index in [2.05, 4.69) is 6.92 Å². The summed E-state index contributed by atoms with van der Waals surface area (Å²) in [6.07, 6.45) is 10.2. The van der Waals surface area contributed by atoms with Gasteiger partial charge in [-0.2, -0.15) is 0 Å². The lowest BCUT2D eigenvalue weighted by Crippen LogP contribution is -2.04. The average molecular weight is 278 g/mol. The second-order valence-corrected chi connectivity index (χ2v) is 5.41. The van der Waals surface area contributed by atoms with Gasteiger partial charge in [0.1, 0.15) is 5.75 Å². The lowest BCUT2D eigenvalue weighted by atomic mass is 10.0. The summed E-state index contributed by atoms with van der Waals surface area (Å²) in [6, 6.07) is 7.53. The molecule has 0 bridgehead atoms. The molecule has 0 aromatic heterocycles. The fourth-order valence-corrected chi connectivity index (χ4v) is 2.58. The number of phenols is 1. The molecule has 0 spiro atoms. The van der Waals surface area contributed by atoms with Crippen molar-refractivity contribution in [3.8, 4) is 5.75 Å². The van der Waals surface area contributed by atoms with E-state index in [0.29, 0.717) is 12.4 Å². The van der Waals surface area contributed by atoms with E-state index in [9.17, 15) is 5.11 Å². The molecule has 0 fully saturated rings. The fraction of sp³-hybridized carbons (Fsp3) is 0.667. The molecule has 0 radical (unpaired) electrons. The Kier molecular flexibility index (Phi) is 9.14. The molecule has 1 N–H and O–H groups in total. The molecule has 0 amide bonds. The van der Waals surface area contributed by atoms with Crippen molar-refractivity contribution in [1.29, 1.82) is 0 Å². The van der Waals surface area contributed by atoms with E-state index >= 15 is 0 Å². The van der Waals surface area contributed by atoms with Crippen LogP contribution in [0.1, 0.15) is 76.9 Å². The fourth-order valence-electron chi connectivity index (χ4n) is 2.58. The molecule has 1 atom stereocenters. The monoisotopic (exact) mass is 278 g/mol. The van der Waals surface area contributed by atoms with Crippen molar-refractivity contribution >= 4 is 0 Å². The Morgan fingerprint density at radius 2 is 1.60 bits per heavy atom. The summed E-state index contributed by atoms with van der Waals surface area (Å²) in [7, 11) is 0. The summed E-state index contributed by atoms with van der Waals surface area (Å²) >= 11 is 0. The van der Waals surface area contributed by atoms with Crippen molar-refractivity contribution in [3.05, 3.63) is 29.8 Å². The van der Waals surface area contributed by atoms with Gasteiger partial charge in [-0.3, -0.25) is 0 Å². The van der Waals surface area contributed by atoms with Gasteiger partial charge in [-0.25, -0.2) is 0 Å². The molecule has 0 heterocycles. The first-order valence-corrected chi connectivity index (χ1v) is 8.19. The van der Waals surface area contributed by atoms with Crippen molar-refractivity contribution in [2.45, 2.75) is 71.3 Å². The number of benzene rings is 1. The van der Waals surface area contributed by atoms with E-state index in [1.165, 1.54) is 44.9 Å². The molecule has 2 nitrogen and oxygen atoms in total. The van der Waals surface area contributed by atoms with Gasteiger partial charge in [0.25, 0.3) is 0 Å². The Bertz CT molecular complexity index is 349. The number of rotatable bonds is 11. The Morgan fingerprint density at radius 1 is 0.950 bits per heavy atom. The molecule has 0 aliphatic carbocycles. The lowest BCUT2D eigenvalue weighted by molar-refractivity contribution is 0.0525. The minimum Gasteiger partial charge on any atom is -0.508 e. The van der Waals surface area contributed by atoms with E-state index in [1.54, 1.807) is 6.07 Å². The van der Waals surface area contributed by atoms with Gasteiger partial charge in [0, 0.05) is 12.2 Å². The zero-order chi connectivity index (χ0) is 14.6. The van der Waals surface area contributed by atoms with Crippen LogP contribution in [0.4, 0.5) is 0 Å². The second kappa shape index (κ2) is 10.7. The highest BCUT2D eigenvalue weighted by atomic mass is 16.5. The highest BCUT2D eigenvalue weighted by Crippen LogP contribution is 2.30. The van der Waals surface area contributed by atoms with Crippen molar-refractivity contribution in [2.75, 3.05) is 6.61 Å². The largest absolute Gasteiger partial charge is 0.508 e. The van der Waals surface area contributed by atoms with Crippen LogP contribution < -0.4 is 0 Å². The number of phenolic OH excluding ortho intramolecular Hbond substituents is 1. The highest BCUT2D eigenvalue weighted by molar-refractivity contribution is 5.33. The maximum absolute atomic E-state index is 9.93. The maximum atomic E-state index is 9.93. The topological polar surface area (TPSA) is 29.5 Å². The summed E-state index contributed by atoms with van der Waals surface area (Å²) in [4.78, 5) is 0. The third-order valence-corrected chi connectivity index (χ3v) is 3.72. The number of aromatic hydroxyl groups is 1. The van der Waals surface area contributed by atoms with Crippen LogP contribution in [-0.2, 0) is 4.74 Å². The van der Waals surface area contributed by atoms with Gasteiger partial charge in [0.05, 0.1) is 6.10 Å². The molecule has 0 aliphatic heterocycles. The number of hydrogen-bond acceptors (Lipinski definition) is 2. The second-order valence-electron chi connectivity index (χ2n) is 5.41. The predicted molar refractivity (Wildman–Crippen MR) is 85.1 cm³/mol. The van der Waals surface area contributed by atoms with Crippen LogP contribution in [0.25, 0.3) is 0 Å². The highest BCUT2D eigenvalue weighted by Gasteiger charge is 2.14. The number of hydrogen-bond donors (Lipinski definition) is 1. The average Bonchev–Trinajstić information content (AvgIpc) is 2.46. The molecule has 1 rings (SSSR count). The summed E-state index contributed by atoms with van der Waals surface area (Å²) in [5.41, 5.74) is 0.931. The maximum Gasteiger partial charge on any atom is 0.121 e. The summed E-state index contributed by atoms with van der Waals surface area (Å²) in [5.74, 6) is 0.355. The first kappa shape index (κ1) is 17.0. The molecule has 1 aromatic rings. The van der Waals surface area contributed by atoms with Gasteiger partial charge >= 0.3 is 0 Å². The van der Waals surface area contributed by atoms with Crippen LogP contribution >= 0.6 is 0 Å². The summed E-state index contributed by atoms with van der Waals surface area (Å²) < 4.78 is 5.79. The van der Waals surface area contributed by atoms with Crippen LogP contribution in [0.3, 0.4) is 0 Å². The minimum atomic E-state index is 0.0387.